The minimum atomic E-state index is -0.0939. The van der Waals surface area contributed by atoms with E-state index in [1.807, 2.05) is 18.2 Å². The second kappa shape index (κ2) is 13.0. The highest BCUT2D eigenvalue weighted by Crippen LogP contribution is 2.58. The lowest BCUT2D eigenvalue weighted by Crippen LogP contribution is -2.15. The predicted octanol–water partition coefficient (Wildman–Crippen LogP) is 14.7. The van der Waals surface area contributed by atoms with Gasteiger partial charge in [0.1, 0.15) is 0 Å². The molecule has 0 saturated carbocycles. The van der Waals surface area contributed by atoms with Crippen LogP contribution in [-0.4, -0.2) is 19.5 Å². The molecule has 0 radical (unpaired) electrons. The molecule has 0 amide bonds. The highest BCUT2D eigenvalue weighted by Gasteiger charge is 2.40. The summed E-state index contributed by atoms with van der Waals surface area (Å²) in [6, 6.07) is 70.0. The largest absolute Gasteiger partial charge is 0.308 e. The van der Waals surface area contributed by atoms with Crippen LogP contribution >= 0.6 is 0 Å². The van der Waals surface area contributed by atoms with Gasteiger partial charge < -0.3 is 4.57 Å². The molecule has 13 rings (SSSR count). The van der Waals surface area contributed by atoms with Crippen molar-refractivity contribution in [3.63, 3.8) is 0 Å². The second-order valence-corrected chi connectivity index (χ2v) is 17.2. The molecule has 290 valence electrons. The Hall–Kier alpha value is -7.95. The van der Waals surface area contributed by atoms with E-state index in [4.69, 9.17) is 15.0 Å². The summed E-state index contributed by atoms with van der Waals surface area (Å²) in [5, 5.41) is 4.95. The zero-order valence-electron chi connectivity index (χ0n) is 34.3. The molecule has 0 atom stereocenters. The second-order valence-electron chi connectivity index (χ2n) is 17.2. The van der Waals surface area contributed by atoms with Crippen molar-refractivity contribution in [3.05, 3.63) is 205 Å². The monoisotopic (exact) mass is 790 g/mol. The number of nitrogens with zero attached hydrogens (tertiary/aromatic N) is 4. The van der Waals surface area contributed by atoms with Crippen LogP contribution in [0.2, 0.25) is 0 Å². The van der Waals surface area contributed by atoms with E-state index < -0.39 is 0 Å². The van der Waals surface area contributed by atoms with Crippen LogP contribution < -0.4 is 0 Å². The fraction of sp³-hybridized carbons (Fsp3) is 0.0517. The maximum Gasteiger partial charge on any atom is 0.164 e. The van der Waals surface area contributed by atoms with E-state index in [1.54, 1.807) is 0 Å². The smallest absolute Gasteiger partial charge is 0.164 e. The summed E-state index contributed by atoms with van der Waals surface area (Å²) in [7, 11) is 0. The van der Waals surface area contributed by atoms with Crippen LogP contribution in [0.15, 0.2) is 194 Å². The van der Waals surface area contributed by atoms with Crippen molar-refractivity contribution < 1.29 is 0 Å². The molecule has 4 nitrogen and oxygen atoms in total. The topological polar surface area (TPSA) is 43.6 Å². The standard InChI is InChI=1S/C58H38N4/c1-58(2)48-23-12-22-45-44-21-8-9-24-50(44)62-51-30-27-41(34-47(51)46-28-29-49(58)53(52(45)48)54(46)62)39-18-11-20-43(33-39)57-60-55(36-14-4-3-5-15-36)59-56(61-57)42-19-10-17-38(32-42)40-26-25-35-13-6-7-16-37(35)31-40/h3-34H,1-2H3. The summed E-state index contributed by atoms with van der Waals surface area (Å²) in [5.74, 6) is 1.91. The number of benzene rings is 9. The molecule has 2 aromatic heterocycles. The molecular weight excluding hydrogens is 753 g/mol. The minimum absolute atomic E-state index is 0.0939. The third-order valence-corrected chi connectivity index (χ3v) is 13.4. The first-order valence-electron chi connectivity index (χ1n) is 21.4. The van der Waals surface area contributed by atoms with Gasteiger partial charge in [0.2, 0.25) is 0 Å². The van der Waals surface area contributed by atoms with Gasteiger partial charge in [0.25, 0.3) is 0 Å². The fourth-order valence-electron chi connectivity index (χ4n) is 10.3. The van der Waals surface area contributed by atoms with Crippen LogP contribution in [0.4, 0.5) is 0 Å². The van der Waals surface area contributed by atoms with Gasteiger partial charge in [-0.25, -0.2) is 15.0 Å². The van der Waals surface area contributed by atoms with Crippen molar-refractivity contribution in [1.29, 1.82) is 0 Å². The van der Waals surface area contributed by atoms with E-state index in [0.717, 1.165) is 38.9 Å². The average molecular weight is 791 g/mol. The van der Waals surface area contributed by atoms with Crippen LogP contribution in [0, 0.1) is 0 Å². The molecule has 3 heterocycles. The summed E-state index contributed by atoms with van der Waals surface area (Å²) in [6.07, 6.45) is 0. The SMILES string of the molecule is CC1(C)c2cccc3c2-c2c1ccc1c4cc(-c5cccc(-c6nc(-c7ccccc7)nc(-c7cccc(-c8ccc9ccccc9c8)c7)n6)c5)ccc4n(c21)-c1ccccc1-3. The van der Waals surface area contributed by atoms with Crippen molar-refractivity contribution >= 4 is 32.6 Å². The summed E-state index contributed by atoms with van der Waals surface area (Å²) >= 11 is 0. The third kappa shape index (κ3) is 5.10. The van der Waals surface area contributed by atoms with Crippen molar-refractivity contribution in [2.75, 3.05) is 0 Å². The van der Waals surface area contributed by atoms with E-state index in [-0.39, 0.29) is 5.41 Å². The first kappa shape index (κ1) is 34.9. The molecule has 4 heteroatoms. The molecule has 0 unspecified atom stereocenters. The normalized spacial score (nSPS) is 13.1. The van der Waals surface area contributed by atoms with Gasteiger partial charge in [-0.05, 0) is 91.7 Å². The number of fused-ring (bicyclic) bond motifs is 7. The highest BCUT2D eigenvalue weighted by molar-refractivity contribution is 6.19. The molecule has 1 aliphatic heterocycles. The van der Waals surface area contributed by atoms with Gasteiger partial charge in [0, 0.05) is 44.0 Å². The van der Waals surface area contributed by atoms with Gasteiger partial charge in [0.05, 0.1) is 16.7 Å². The third-order valence-electron chi connectivity index (χ3n) is 13.4. The van der Waals surface area contributed by atoms with Gasteiger partial charge >= 0.3 is 0 Å². The van der Waals surface area contributed by atoms with Crippen LogP contribution in [0.3, 0.4) is 0 Å². The lowest BCUT2D eigenvalue weighted by atomic mass is 9.81. The lowest BCUT2D eigenvalue weighted by Gasteiger charge is -2.22. The minimum Gasteiger partial charge on any atom is -0.308 e. The Labute approximate surface area is 359 Å². The summed E-state index contributed by atoms with van der Waals surface area (Å²) in [6.45, 7) is 4.75. The molecule has 62 heavy (non-hydrogen) atoms. The van der Waals surface area contributed by atoms with Gasteiger partial charge in [-0.1, -0.05) is 172 Å². The predicted molar refractivity (Wildman–Crippen MR) is 255 cm³/mol. The zero-order valence-corrected chi connectivity index (χ0v) is 34.3. The molecule has 0 N–H and O–H groups in total. The molecular formula is C58H38N4. The lowest BCUT2D eigenvalue weighted by molar-refractivity contribution is 0.661. The number of aromatic nitrogens is 4. The maximum atomic E-state index is 5.19. The van der Waals surface area contributed by atoms with E-state index >= 15 is 0 Å². The average Bonchev–Trinajstić information content (AvgIpc) is 3.74. The van der Waals surface area contributed by atoms with Crippen LogP contribution in [0.5, 0.6) is 0 Å². The van der Waals surface area contributed by atoms with Gasteiger partial charge in [-0.15, -0.1) is 0 Å². The Balaban J connectivity index is 0.956. The van der Waals surface area contributed by atoms with Gasteiger partial charge in [0.15, 0.2) is 17.5 Å². The van der Waals surface area contributed by atoms with Gasteiger partial charge in [-0.2, -0.15) is 0 Å². The fourth-order valence-corrected chi connectivity index (χ4v) is 10.3. The molecule has 0 bridgehead atoms. The molecule has 0 saturated heterocycles. The quantitative estimate of drug-likeness (QED) is 0.174. The first-order valence-corrected chi connectivity index (χ1v) is 21.4. The maximum absolute atomic E-state index is 5.19. The van der Waals surface area contributed by atoms with Crippen molar-refractivity contribution in [2.24, 2.45) is 0 Å². The number of para-hydroxylation sites is 1. The zero-order chi connectivity index (χ0) is 41.1. The van der Waals surface area contributed by atoms with Gasteiger partial charge in [-0.3, -0.25) is 0 Å². The van der Waals surface area contributed by atoms with E-state index in [9.17, 15) is 0 Å². The van der Waals surface area contributed by atoms with E-state index in [1.165, 1.54) is 71.6 Å². The molecule has 9 aromatic carbocycles. The Morgan fingerprint density at radius 1 is 0.371 bits per heavy atom. The molecule has 1 aliphatic carbocycles. The molecule has 0 fully saturated rings. The molecule has 11 aromatic rings. The first-order chi connectivity index (χ1) is 30.5. The number of rotatable bonds is 5. The summed E-state index contributed by atoms with van der Waals surface area (Å²) in [5.41, 5.74) is 19.1. The Morgan fingerprint density at radius 2 is 0.935 bits per heavy atom. The number of hydrogen-bond acceptors (Lipinski definition) is 3. The van der Waals surface area contributed by atoms with E-state index in [0.29, 0.717) is 17.5 Å². The Morgan fingerprint density at radius 3 is 1.71 bits per heavy atom. The Kier molecular flexibility index (Phi) is 7.32. The van der Waals surface area contributed by atoms with Crippen LogP contribution in [0.25, 0.3) is 117 Å². The Bertz CT molecular complexity index is 3670. The molecule has 0 spiro atoms. The summed E-state index contributed by atoms with van der Waals surface area (Å²) < 4.78 is 2.52. The van der Waals surface area contributed by atoms with E-state index in [2.05, 4.69) is 194 Å². The summed E-state index contributed by atoms with van der Waals surface area (Å²) in [4.78, 5) is 15.4. The van der Waals surface area contributed by atoms with Crippen molar-refractivity contribution in [3.8, 4) is 84.4 Å². The van der Waals surface area contributed by atoms with Crippen molar-refractivity contribution in [2.45, 2.75) is 19.3 Å². The highest BCUT2D eigenvalue weighted by atomic mass is 15.0. The van der Waals surface area contributed by atoms with Crippen molar-refractivity contribution in [1.82, 2.24) is 19.5 Å². The number of hydrogen-bond donors (Lipinski definition) is 0. The van der Waals surface area contributed by atoms with Crippen LogP contribution in [-0.2, 0) is 5.41 Å². The van der Waals surface area contributed by atoms with Crippen LogP contribution in [0.1, 0.15) is 25.0 Å². The molecule has 2 aliphatic rings.